The lowest BCUT2D eigenvalue weighted by Crippen LogP contribution is -2.31. The van der Waals surface area contributed by atoms with Crippen molar-refractivity contribution in [3.05, 3.63) is 23.8 Å². The van der Waals surface area contributed by atoms with Crippen LogP contribution in [0, 0.1) is 6.92 Å². The Hall–Kier alpha value is -1.11. The number of hydrogen-bond acceptors (Lipinski definition) is 4. The van der Waals surface area contributed by atoms with E-state index in [-0.39, 0.29) is 11.4 Å². The Kier molecular flexibility index (Phi) is 3.90. The molecule has 6 heteroatoms. The molecule has 90 valence electrons. The monoisotopic (exact) mass is 244 g/mol. The van der Waals surface area contributed by atoms with Crippen LogP contribution in [0.4, 0.5) is 5.69 Å². The molecule has 16 heavy (non-hydrogen) atoms. The average molecular weight is 244 g/mol. The Morgan fingerprint density at radius 1 is 1.50 bits per heavy atom. The summed E-state index contributed by atoms with van der Waals surface area (Å²) >= 11 is 0. The molecule has 0 aliphatic heterocycles. The molecule has 0 amide bonds. The number of sulfonamides is 1. The summed E-state index contributed by atoms with van der Waals surface area (Å²) in [5.74, 6) is 0. The van der Waals surface area contributed by atoms with E-state index in [2.05, 4.69) is 4.72 Å². The van der Waals surface area contributed by atoms with Crippen molar-refractivity contribution in [2.45, 2.75) is 24.8 Å². The molecule has 0 bridgehead atoms. The summed E-state index contributed by atoms with van der Waals surface area (Å²) in [4.78, 5) is 0.183. The van der Waals surface area contributed by atoms with Crippen LogP contribution in [0.15, 0.2) is 23.1 Å². The fraction of sp³-hybridized carbons (Fsp3) is 0.400. The van der Waals surface area contributed by atoms with Crippen molar-refractivity contribution in [3.8, 4) is 0 Å². The first-order valence-corrected chi connectivity index (χ1v) is 6.35. The number of aryl methyl sites for hydroxylation is 1. The second kappa shape index (κ2) is 4.82. The Bertz CT molecular complexity index is 469. The lowest BCUT2D eigenvalue weighted by atomic mass is 10.2. The largest absolute Gasteiger partial charge is 0.399 e. The number of rotatable bonds is 4. The van der Waals surface area contributed by atoms with E-state index in [1.165, 1.54) is 19.1 Å². The number of hydrogen-bond donors (Lipinski definition) is 3. The smallest absolute Gasteiger partial charge is 0.240 e. The standard InChI is InChI=1S/C10H16N2O3S/c1-7-5-9(11)3-4-10(7)16(14,15)12-6-8(2)13/h3-5,8,12-13H,6,11H2,1-2H3. The van der Waals surface area contributed by atoms with Gasteiger partial charge in [0, 0.05) is 12.2 Å². The van der Waals surface area contributed by atoms with Crippen LogP contribution in [0.2, 0.25) is 0 Å². The van der Waals surface area contributed by atoms with Gasteiger partial charge in [0.25, 0.3) is 0 Å². The lowest BCUT2D eigenvalue weighted by molar-refractivity contribution is 0.198. The third-order valence-electron chi connectivity index (χ3n) is 2.06. The molecule has 0 saturated heterocycles. The second-order valence-electron chi connectivity index (χ2n) is 3.73. The van der Waals surface area contributed by atoms with Crippen molar-refractivity contribution in [2.24, 2.45) is 0 Å². The van der Waals surface area contributed by atoms with E-state index >= 15 is 0 Å². The predicted octanol–water partition coefficient (Wildman–Crippen LogP) is 0.236. The van der Waals surface area contributed by atoms with Gasteiger partial charge in [-0.2, -0.15) is 0 Å². The van der Waals surface area contributed by atoms with Crippen molar-refractivity contribution in [2.75, 3.05) is 12.3 Å². The Labute approximate surface area is 95.3 Å². The number of nitrogens with one attached hydrogen (secondary N) is 1. The zero-order valence-corrected chi connectivity index (χ0v) is 10.1. The quantitative estimate of drug-likeness (QED) is 0.661. The van der Waals surface area contributed by atoms with Gasteiger partial charge >= 0.3 is 0 Å². The van der Waals surface area contributed by atoms with Gasteiger partial charge in [0.1, 0.15) is 0 Å². The molecule has 0 spiro atoms. The molecule has 0 heterocycles. The number of aliphatic hydroxyl groups is 1. The van der Waals surface area contributed by atoms with Gasteiger partial charge in [-0.15, -0.1) is 0 Å². The van der Waals surface area contributed by atoms with Gasteiger partial charge in [0.2, 0.25) is 10.0 Å². The van der Waals surface area contributed by atoms with Crippen molar-refractivity contribution >= 4 is 15.7 Å². The fourth-order valence-electron chi connectivity index (χ4n) is 1.28. The van der Waals surface area contributed by atoms with E-state index in [4.69, 9.17) is 10.8 Å². The lowest BCUT2D eigenvalue weighted by Gasteiger charge is -2.10. The molecule has 5 nitrogen and oxygen atoms in total. The van der Waals surface area contributed by atoms with Crippen LogP contribution < -0.4 is 10.5 Å². The first kappa shape index (κ1) is 13.0. The van der Waals surface area contributed by atoms with Crippen molar-refractivity contribution < 1.29 is 13.5 Å². The van der Waals surface area contributed by atoms with Crippen LogP contribution in [0.3, 0.4) is 0 Å². The summed E-state index contributed by atoms with van der Waals surface area (Å²) in [7, 11) is -3.57. The summed E-state index contributed by atoms with van der Waals surface area (Å²) in [6.45, 7) is 3.18. The van der Waals surface area contributed by atoms with E-state index < -0.39 is 16.1 Å². The van der Waals surface area contributed by atoms with E-state index in [0.29, 0.717) is 11.3 Å². The highest BCUT2D eigenvalue weighted by Crippen LogP contribution is 2.17. The molecule has 1 unspecified atom stereocenters. The normalized spacial score (nSPS) is 13.7. The van der Waals surface area contributed by atoms with E-state index in [0.717, 1.165) is 0 Å². The topological polar surface area (TPSA) is 92.4 Å². The minimum atomic E-state index is -3.57. The maximum Gasteiger partial charge on any atom is 0.240 e. The molecule has 1 rings (SSSR count). The first-order chi connectivity index (χ1) is 7.33. The summed E-state index contributed by atoms with van der Waals surface area (Å²) in [5, 5.41) is 9.03. The molecular formula is C10H16N2O3S. The van der Waals surface area contributed by atoms with Crippen LogP contribution in [0.25, 0.3) is 0 Å². The molecular weight excluding hydrogens is 228 g/mol. The number of benzene rings is 1. The third-order valence-corrected chi connectivity index (χ3v) is 3.64. The van der Waals surface area contributed by atoms with Crippen LogP contribution in [-0.4, -0.2) is 26.2 Å². The van der Waals surface area contributed by atoms with Crippen molar-refractivity contribution in [1.29, 1.82) is 0 Å². The summed E-state index contributed by atoms with van der Waals surface area (Å²) < 4.78 is 25.9. The summed E-state index contributed by atoms with van der Waals surface area (Å²) in [6.07, 6.45) is -0.719. The van der Waals surface area contributed by atoms with Gasteiger partial charge < -0.3 is 10.8 Å². The van der Waals surface area contributed by atoms with E-state index in [1.807, 2.05) is 0 Å². The maximum absolute atomic E-state index is 11.8. The zero-order chi connectivity index (χ0) is 12.3. The van der Waals surface area contributed by atoms with Gasteiger partial charge in [0.15, 0.2) is 0 Å². The minimum absolute atomic E-state index is 0.00779. The first-order valence-electron chi connectivity index (χ1n) is 4.87. The predicted molar refractivity (Wildman–Crippen MR) is 62.5 cm³/mol. The average Bonchev–Trinajstić information content (AvgIpc) is 2.14. The molecule has 4 N–H and O–H groups in total. The fourth-order valence-corrected chi connectivity index (χ4v) is 2.63. The van der Waals surface area contributed by atoms with Gasteiger partial charge in [-0.3, -0.25) is 0 Å². The zero-order valence-electron chi connectivity index (χ0n) is 9.27. The van der Waals surface area contributed by atoms with Crippen LogP contribution in [0.5, 0.6) is 0 Å². The second-order valence-corrected chi connectivity index (χ2v) is 5.46. The van der Waals surface area contributed by atoms with Gasteiger partial charge in [0.05, 0.1) is 11.0 Å². The Morgan fingerprint density at radius 2 is 2.12 bits per heavy atom. The molecule has 0 aliphatic carbocycles. The molecule has 1 aromatic carbocycles. The highest BCUT2D eigenvalue weighted by Gasteiger charge is 2.16. The third kappa shape index (κ3) is 3.19. The Morgan fingerprint density at radius 3 is 2.62 bits per heavy atom. The minimum Gasteiger partial charge on any atom is -0.399 e. The molecule has 0 aromatic heterocycles. The SMILES string of the molecule is Cc1cc(N)ccc1S(=O)(=O)NCC(C)O. The van der Waals surface area contributed by atoms with Crippen LogP contribution in [-0.2, 0) is 10.0 Å². The highest BCUT2D eigenvalue weighted by molar-refractivity contribution is 7.89. The number of nitrogen functional groups attached to an aromatic ring is 1. The van der Waals surface area contributed by atoms with E-state index in [9.17, 15) is 8.42 Å². The van der Waals surface area contributed by atoms with Gasteiger partial charge in [-0.1, -0.05) is 0 Å². The van der Waals surface area contributed by atoms with E-state index in [1.54, 1.807) is 13.0 Å². The van der Waals surface area contributed by atoms with Crippen LogP contribution in [0.1, 0.15) is 12.5 Å². The van der Waals surface area contributed by atoms with Gasteiger partial charge in [-0.25, -0.2) is 13.1 Å². The number of nitrogens with two attached hydrogens (primary N) is 1. The van der Waals surface area contributed by atoms with Crippen LogP contribution >= 0.6 is 0 Å². The number of aliphatic hydroxyl groups excluding tert-OH is 1. The molecule has 1 aromatic rings. The van der Waals surface area contributed by atoms with Crippen molar-refractivity contribution in [3.63, 3.8) is 0 Å². The highest BCUT2D eigenvalue weighted by atomic mass is 32.2. The summed E-state index contributed by atoms with van der Waals surface area (Å²) in [6, 6.07) is 4.58. The Balaban J connectivity index is 2.99. The number of anilines is 1. The molecule has 0 radical (unpaired) electrons. The molecule has 0 saturated carbocycles. The molecule has 0 fully saturated rings. The maximum atomic E-state index is 11.8. The summed E-state index contributed by atoms with van der Waals surface area (Å²) in [5.41, 5.74) is 6.64. The molecule has 0 aliphatic rings. The van der Waals surface area contributed by atoms with Gasteiger partial charge in [-0.05, 0) is 37.6 Å². The molecule has 1 atom stereocenters. The van der Waals surface area contributed by atoms with Crippen molar-refractivity contribution in [1.82, 2.24) is 4.72 Å².